The van der Waals surface area contributed by atoms with E-state index in [0.717, 1.165) is 65.6 Å². The van der Waals surface area contributed by atoms with Crippen LogP contribution in [0.1, 0.15) is 45.4 Å². The average Bonchev–Trinajstić information content (AvgIpc) is 3.37. The minimum Gasteiger partial charge on any atom is -0.459 e. The third-order valence-electron chi connectivity index (χ3n) is 9.82. The normalized spacial score (nSPS) is 61.2. The highest BCUT2D eigenvalue weighted by atomic mass is 16.5. The fourth-order valence-corrected chi connectivity index (χ4v) is 9.71. The van der Waals surface area contributed by atoms with Crippen molar-refractivity contribution < 1.29 is 9.53 Å². The summed E-state index contributed by atoms with van der Waals surface area (Å²) in [5, 5.41) is 0. The van der Waals surface area contributed by atoms with E-state index in [4.69, 9.17) is 4.74 Å². The summed E-state index contributed by atoms with van der Waals surface area (Å²) in [6, 6.07) is 0. The lowest BCUT2D eigenvalue weighted by molar-refractivity contribution is -0.149. The van der Waals surface area contributed by atoms with Gasteiger partial charge >= 0.3 is 5.97 Å². The van der Waals surface area contributed by atoms with Crippen molar-refractivity contribution >= 4 is 5.97 Å². The Balaban J connectivity index is 1.28. The van der Waals surface area contributed by atoms with E-state index in [1.165, 1.54) is 31.8 Å². The lowest BCUT2D eigenvalue weighted by atomic mass is 9.58. The van der Waals surface area contributed by atoms with E-state index < -0.39 is 0 Å². The largest absolute Gasteiger partial charge is 0.459 e. The lowest BCUT2D eigenvalue weighted by Crippen LogP contribution is -2.45. The van der Waals surface area contributed by atoms with Crippen LogP contribution in [-0.2, 0) is 9.53 Å². The number of carbonyl (C=O) groups excluding carboxylic acids is 1. The Labute approximate surface area is 145 Å². The van der Waals surface area contributed by atoms with Gasteiger partial charge in [-0.05, 0) is 97.2 Å². The number of ether oxygens (including phenoxy) is 1. The molecule has 0 saturated heterocycles. The van der Waals surface area contributed by atoms with Crippen molar-refractivity contribution in [2.24, 2.45) is 65.1 Å². The molecule has 6 aliphatic rings. The molecule has 0 aromatic rings. The fourth-order valence-electron chi connectivity index (χ4n) is 9.71. The van der Waals surface area contributed by atoms with Crippen molar-refractivity contribution in [2.75, 3.05) is 0 Å². The first-order chi connectivity index (χ1) is 11.7. The Morgan fingerprint density at radius 2 is 1.58 bits per heavy atom. The Morgan fingerprint density at radius 3 is 2.29 bits per heavy atom. The Hall–Kier alpha value is -0.790. The van der Waals surface area contributed by atoms with Gasteiger partial charge in [-0.25, -0.2) is 4.79 Å². The summed E-state index contributed by atoms with van der Waals surface area (Å²) in [5.74, 6) is 10.6. The van der Waals surface area contributed by atoms with Gasteiger partial charge in [0, 0.05) is 6.08 Å². The molecule has 0 aliphatic heterocycles. The molecule has 0 amide bonds. The van der Waals surface area contributed by atoms with Crippen molar-refractivity contribution in [1.82, 2.24) is 0 Å². The van der Waals surface area contributed by atoms with Crippen LogP contribution in [0.3, 0.4) is 0 Å². The van der Waals surface area contributed by atoms with E-state index in [2.05, 4.69) is 13.5 Å². The molecule has 0 spiro atoms. The molecule has 6 aliphatic carbocycles. The van der Waals surface area contributed by atoms with E-state index in [9.17, 15) is 4.79 Å². The van der Waals surface area contributed by atoms with Crippen molar-refractivity contribution in [1.29, 1.82) is 0 Å². The molecule has 12 atom stereocenters. The SMILES string of the molecule is C=CC(=O)OC1CC2CC1C1C3CC(C21)C1C2CC(CC2CC)C31. The Bertz CT molecular complexity index is 597. The van der Waals surface area contributed by atoms with Crippen LogP contribution in [0.15, 0.2) is 12.7 Å². The maximum Gasteiger partial charge on any atom is 0.330 e. The molecule has 6 fully saturated rings. The average molecular weight is 326 g/mol. The highest BCUT2D eigenvalue weighted by Crippen LogP contribution is 2.77. The van der Waals surface area contributed by atoms with Crippen LogP contribution in [0.4, 0.5) is 0 Å². The number of hydrogen-bond donors (Lipinski definition) is 0. The van der Waals surface area contributed by atoms with Crippen LogP contribution >= 0.6 is 0 Å². The molecule has 6 bridgehead atoms. The number of hydrogen-bond acceptors (Lipinski definition) is 2. The lowest BCUT2D eigenvalue weighted by Gasteiger charge is -2.48. The van der Waals surface area contributed by atoms with E-state index in [1.807, 2.05) is 0 Å². The predicted octanol–water partition coefficient (Wildman–Crippen LogP) is 4.30. The van der Waals surface area contributed by atoms with E-state index in [0.29, 0.717) is 5.92 Å². The first-order valence-electron chi connectivity index (χ1n) is 10.5. The third kappa shape index (κ3) is 1.53. The van der Waals surface area contributed by atoms with Gasteiger partial charge in [-0.3, -0.25) is 0 Å². The molecule has 0 aromatic carbocycles. The molecular formula is C22H30O2. The summed E-state index contributed by atoms with van der Waals surface area (Å²) < 4.78 is 5.76. The zero-order valence-electron chi connectivity index (χ0n) is 14.8. The zero-order chi connectivity index (χ0) is 16.2. The maximum absolute atomic E-state index is 11.7. The second kappa shape index (κ2) is 4.68. The van der Waals surface area contributed by atoms with Gasteiger partial charge in [-0.2, -0.15) is 0 Å². The summed E-state index contributed by atoms with van der Waals surface area (Å²) in [6.07, 6.45) is 10.1. The predicted molar refractivity (Wildman–Crippen MR) is 91.8 cm³/mol. The molecule has 0 radical (unpaired) electrons. The van der Waals surface area contributed by atoms with Gasteiger partial charge in [0.15, 0.2) is 0 Å². The van der Waals surface area contributed by atoms with Gasteiger partial charge in [0.05, 0.1) is 0 Å². The first-order valence-corrected chi connectivity index (χ1v) is 10.5. The molecule has 0 heterocycles. The highest BCUT2D eigenvalue weighted by molar-refractivity contribution is 5.81. The second-order valence-electron chi connectivity index (χ2n) is 10.0. The standard InChI is InChI=1S/C22H30O2/c1-3-10-5-11-6-13(10)21-15-9-16(19(11)21)22-14-7-12(20(15)22)8-17(14)24-18(23)4-2/h4,10-17,19-22H,2-3,5-9H2,1H3. The van der Waals surface area contributed by atoms with Gasteiger partial charge in [-0.1, -0.05) is 19.9 Å². The third-order valence-corrected chi connectivity index (χ3v) is 9.82. The summed E-state index contributed by atoms with van der Waals surface area (Å²) in [4.78, 5) is 11.7. The Morgan fingerprint density at radius 1 is 0.917 bits per heavy atom. The molecule has 130 valence electrons. The van der Waals surface area contributed by atoms with Crippen molar-refractivity contribution in [3.8, 4) is 0 Å². The van der Waals surface area contributed by atoms with Gasteiger partial charge in [-0.15, -0.1) is 0 Å². The van der Waals surface area contributed by atoms with E-state index in [-0.39, 0.29) is 12.1 Å². The van der Waals surface area contributed by atoms with Gasteiger partial charge in [0.25, 0.3) is 0 Å². The molecular weight excluding hydrogens is 296 g/mol. The molecule has 0 N–H and O–H groups in total. The van der Waals surface area contributed by atoms with Crippen molar-refractivity contribution in [3.05, 3.63) is 12.7 Å². The summed E-state index contributed by atoms with van der Waals surface area (Å²) in [5.41, 5.74) is 0. The molecule has 6 rings (SSSR count). The maximum atomic E-state index is 11.7. The summed E-state index contributed by atoms with van der Waals surface area (Å²) >= 11 is 0. The smallest absolute Gasteiger partial charge is 0.330 e. The number of fused-ring (bicyclic) bond motifs is 16. The van der Waals surface area contributed by atoms with E-state index >= 15 is 0 Å². The molecule has 2 heteroatoms. The van der Waals surface area contributed by atoms with Gasteiger partial charge < -0.3 is 4.74 Å². The van der Waals surface area contributed by atoms with Gasteiger partial charge in [0.1, 0.15) is 6.10 Å². The van der Waals surface area contributed by atoms with Crippen LogP contribution in [0.2, 0.25) is 0 Å². The van der Waals surface area contributed by atoms with Crippen molar-refractivity contribution in [2.45, 2.75) is 51.6 Å². The van der Waals surface area contributed by atoms with Gasteiger partial charge in [0.2, 0.25) is 0 Å². The minimum absolute atomic E-state index is 0.198. The molecule has 2 nitrogen and oxygen atoms in total. The van der Waals surface area contributed by atoms with Crippen LogP contribution in [0, 0.1) is 65.1 Å². The molecule has 6 saturated carbocycles. The number of esters is 1. The van der Waals surface area contributed by atoms with Crippen LogP contribution in [0.5, 0.6) is 0 Å². The summed E-state index contributed by atoms with van der Waals surface area (Å²) in [6.45, 7) is 6.00. The quantitative estimate of drug-likeness (QED) is 0.439. The second-order valence-corrected chi connectivity index (χ2v) is 10.0. The van der Waals surface area contributed by atoms with Crippen LogP contribution in [-0.4, -0.2) is 12.1 Å². The number of carbonyl (C=O) groups is 1. The topological polar surface area (TPSA) is 26.3 Å². The number of rotatable bonds is 3. The fraction of sp³-hybridized carbons (Fsp3) is 0.864. The first kappa shape index (κ1) is 14.4. The zero-order valence-corrected chi connectivity index (χ0v) is 14.8. The van der Waals surface area contributed by atoms with Crippen LogP contribution < -0.4 is 0 Å². The molecule has 0 aromatic heterocycles. The molecule has 24 heavy (non-hydrogen) atoms. The monoisotopic (exact) mass is 326 g/mol. The van der Waals surface area contributed by atoms with Crippen LogP contribution in [0.25, 0.3) is 0 Å². The highest BCUT2D eigenvalue weighted by Gasteiger charge is 2.72. The minimum atomic E-state index is -0.198. The van der Waals surface area contributed by atoms with Crippen molar-refractivity contribution in [3.63, 3.8) is 0 Å². The molecule has 12 unspecified atom stereocenters. The van der Waals surface area contributed by atoms with E-state index in [1.54, 1.807) is 6.42 Å². The summed E-state index contributed by atoms with van der Waals surface area (Å²) in [7, 11) is 0. The Kier molecular flexibility index (Phi) is 2.80.